The SMILES string of the molecule is COc1cc(S(C)(=O)=O)ccc1OC(=O)NC(C)(C)C. The van der Waals surface area contributed by atoms with Crippen molar-refractivity contribution in [3.63, 3.8) is 0 Å². The molecule has 0 heterocycles. The van der Waals surface area contributed by atoms with Gasteiger partial charge in [-0.2, -0.15) is 0 Å². The van der Waals surface area contributed by atoms with Crippen molar-refractivity contribution in [1.29, 1.82) is 0 Å². The third kappa shape index (κ3) is 4.73. The Balaban J connectivity index is 3.00. The monoisotopic (exact) mass is 301 g/mol. The predicted octanol–water partition coefficient (Wildman–Crippen LogP) is 1.99. The zero-order chi connectivity index (χ0) is 15.6. The molecule has 0 saturated carbocycles. The van der Waals surface area contributed by atoms with Crippen LogP contribution in [0.2, 0.25) is 0 Å². The first-order chi connectivity index (χ1) is 9.03. The second kappa shape index (κ2) is 5.70. The topological polar surface area (TPSA) is 81.7 Å². The Labute approximate surface area is 119 Å². The minimum atomic E-state index is -3.35. The summed E-state index contributed by atoms with van der Waals surface area (Å²) in [6.07, 6.45) is 0.456. The van der Waals surface area contributed by atoms with Gasteiger partial charge in [-0.1, -0.05) is 0 Å². The Bertz CT molecular complexity index is 602. The van der Waals surface area contributed by atoms with E-state index in [0.717, 1.165) is 6.26 Å². The van der Waals surface area contributed by atoms with E-state index in [2.05, 4.69) is 5.32 Å². The lowest BCUT2D eigenvalue weighted by molar-refractivity contribution is 0.188. The Kier molecular flexibility index (Phi) is 4.65. The number of hydrogen-bond donors (Lipinski definition) is 1. The maximum Gasteiger partial charge on any atom is 0.413 e. The largest absolute Gasteiger partial charge is 0.493 e. The lowest BCUT2D eigenvalue weighted by Crippen LogP contribution is -2.42. The minimum Gasteiger partial charge on any atom is -0.493 e. The molecular weight excluding hydrogens is 282 g/mol. The number of nitrogens with one attached hydrogen (secondary N) is 1. The molecule has 0 aliphatic heterocycles. The second-order valence-corrected chi connectivity index (χ2v) is 7.37. The number of carbonyl (C=O) groups excluding carboxylic acids is 1. The summed E-state index contributed by atoms with van der Waals surface area (Å²) in [5.41, 5.74) is -0.434. The number of methoxy groups -OCH3 is 1. The van der Waals surface area contributed by atoms with Crippen molar-refractivity contribution >= 4 is 15.9 Å². The van der Waals surface area contributed by atoms with Gasteiger partial charge in [0.25, 0.3) is 0 Å². The average molecular weight is 301 g/mol. The van der Waals surface area contributed by atoms with Gasteiger partial charge < -0.3 is 14.8 Å². The first kappa shape index (κ1) is 16.3. The normalized spacial score (nSPS) is 11.8. The number of hydrogen-bond acceptors (Lipinski definition) is 5. The van der Waals surface area contributed by atoms with Crippen LogP contribution in [0, 0.1) is 0 Å². The maximum absolute atomic E-state index is 11.7. The van der Waals surface area contributed by atoms with Crippen LogP contribution in [0.15, 0.2) is 23.1 Å². The fraction of sp³-hybridized carbons (Fsp3) is 0.462. The molecule has 0 bridgehead atoms. The van der Waals surface area contributed by atoms with Crippen molar-refractivity contribution < 1.29 is 22.7 Å². The van der Waals surface area contributed by atoms with Crippen molar-refractivity contribution in [2.75, 3.05) is 13.4 Å². The third-order valence-corrected chi connectivity index (χ3v) is 3.35. The lowest BCUT2D eigenvalue weighted by Gasteiger charge is -2.20. The molecule has 7 heteroatoms. The lowest BCUT2D eigenvalue weighted by atomic mass is 10.1. The molecule has 1 aromatic carbocycles. The second-order valence-electron chi connectivity index (χ2n) is 5.35. The van der Waals surface area contributed by atoms with E-state index >= 15 is 0 Å². The molecular formula is C13H19NO5S. The summed E-state index contributed by atoms with van der Waals surface area (Å²) < 4.78 is 33.0. The Morgan fingerprint density at radius 1 is 1.20 bits per heavy atom. The number of ether oxygens (including phenoxy) is 2. The molecule has 0 unspecified atom stereocenters. The molecule has 0 aromatic heterocycles. The van der Waals surface area contributed by atoms with Crippen LogP contribution in [-0.4, -0.2) is 33.4 Å². The number of amides is 1. The van der Waals surface area contributed by atoms with Gasteiger partial charge in [0.05, 0.1) is 12.0 Å². The molecule has 1 aromatic rings. The van der Waals surface area contributed by atoms with Gasteiger partial charge in [-0.25, -0.2) is 13.2 Å². The van der Waals surface area contributed by atoms with E-state index in [-0.39, 0.29) is 16.4 Å². The standard InChI is InChI=1S/C13H19NO5S/c1-13(2,3)14-12(15)19-10-7-6-9(20(5,16)17)8-11(10)18-4/h6-8H,1-5H3,(H,14,15). The van der Waals surface area contributed by atoms with Gasteiger partial charge in [-0.05, 0) is 32.9 Å². The smallest absolute Gasteiger partial charge is 0.413 e. The summed E-state index contributed by atoms with van der Waals surface area (Å²) >= 11 is 0. The average Bonchev–Trinajstić information content (AvgIpc) is 2.25. The van der Waals surface area contributed by atoms with Gasteiger partial charge in [0, 0.05) is 17.9 Å². The molecule has 1 N–H and O–H groups in total. The number of sulfone groups is 1. The summed E-state index contributed by atoms with van der Waals surface area (Å²) in [7, 11) is -1.97. The van der Waals surface area contributed by atoms with Crippen LogP contribution >= 0.6 is 0 Å². The van der Waals surface area contributed by atoms with E-state index < -0.39 is 21.5 Å². The molecule has 0 atom stereocenters. The zero-order valence-electron chi connectivity index (χ0n) is 12.2. The summed E-state index contributed by atoms with van der Waals surface area (Å²) in [5.74, 6) is 0.332. The molecule has 0 radical (unpaired) electrons. The molecule has 0 saturated heterocycles. The molecule has 6 nitrogen and oxygen atoms in total. The van der Waals surface area contributed by atoms with Gasteiger partial charge in [0.15, 0.2) is 21.3 Å². The van der Waals surface area contributed by atoms with Crippen LogP contribution in [0.1, 0.15) is 20.8 Å². The summed E-state index contributed by atoms with van der Waals surface area (Å²) in [4.78, 5) is 11.8. The van der Waals surface area contributed by atoms with Gasteiger partial charge in [-0.3, -0.25) is 0 Å². The highest BCUT2D eigenvalue weighted by molar-refractivity contribution is 7.90. The molecule has 0 aliphatic rings. The summed E-state index contributed by atoms with van der Waals surface area (Å²) in [6, 6.07) is 4.06. The van der Waals surface area contributed by atoms with Crippen LogP contribution in [-0.2, 0) is 9.84 Å². The maximum atomic E-state index is 11.7. The van der Waals surface area contributed by atoms with Gasteiger partial charge in [-0.15, -0.1) is 0 Å². The van der Waals surface area contributed by atoms with E-state index in [1.54, 1.807) is 0 Å². The number of rotatable bonds is 3. The van der Waals surface area contributed by atoms with Gasteiger partial charge >= 0.3 is 6.09 Å². The van der Waals surface area contributed by atoms with Crippen molar-refractivity contribution in [3.8, 4) is 11.5 Å². The molecule has 20 heavy (non-hydrogen) atoms. The van der Waals surface area contributed by atoms with E-state index in [0.29, 0.717) is 0 Å². The quantitative estimate of drug-likeness (QED) is 0.923. The minimum absolute atomic E-state index is 0.0953. The van der Waals surface area contributed by atoms with Crippen molar-refractivity contribution in [2.45, 2.75) is 31.2 Å². The fourth-order valence-corrected chi connectivity index (χ4v) is 2.03. The fourth-order valence-electron chi connectivity index (χ4n) is 1.39. The van der Waals surface area contributed by atoms with E-state index in [1.165, 1.54) is 25.3 Å². The van der Waals surface area contributed by atoms with E-state index in [9.17, 15) is 13.2 Å². The van der Waals surface area contributed by atoms with E-state index in [1.807, 2.05) is 20.8 Å². The third-order valence-electron chi connectivity index (χ3n) is 2.24. The van der Waals surface area contributed by atoms with Crippen LogP contribution in [0.25, 0.3) is 0 Å². The number of carbonyl (C=O) groups is 1. The van der Waals surface area contributed by atoms with Crippen molar-refractivity contribution in [1.82, 2.24) is 5.32 Å². The predicted molar refractivity (Wildman–Crippen MR) is 75.0 cm³/mol. The highest BCUT2D eigenvalue weighted by atomic mass is 32.2. The molecule has 0 aliphatic carbocycles. The Hall–Kier alpha value is -1.76. The Morgan fingerprint density at radius 3 is 2.25 bits per heavy atom. The van der Waals surface area contributed by atoms with Crippen LogP contribution in [0.5, 0.6) is 11.5 Å². The molecule has 0 fully saturated rings. The van der Waals surface area contributed by atoms with Crippen molar-refractivity contribution in [3.05, 3.63) is 18.2 Å². The van der Waals surface area contributed by atoms with Crippen LogP contribution < -0.4 is 14.8 Å². The molecule has 1 rings (SSSR count). The zero-order valence-corrected chi connectivity index (χ0v) is 13.0. The van der Waals surface area contributed by atoms with Gasteiger partial charge in [0.1, 0.15) is 0 Å². The van der Waals surface area contributed by atoms with E-state index in [4.69, 9.17) is 9.47 Å². The molecule has 112 valence electrons. The van der Waals surface area contributed by atoms with Crippen LogP contribution in [0.3, 0.4) is 0 Å². The highest BCUT2D eigenvalue weighted by Gasteiger charge is 2.18. The van der Waals surface area contributed by atoms with Gasteiger partial charge in [0.2, 0.25) is 0 Å². The van der Waals surface area contributed by atoms with Crippen LogP contribution in [0.4, 0.5) is 4.79 Å². The number of benzene rings is 1. The summed E-state index contributed by atoms with van der Waals surface area (Å²) in [5, 5.41) is 2.63. The summed E-state index contributed by atoms with van der Waals surface area (Å²) in [6.45, 7) is 5.45. The first-order valence-corrected chi connectivity index (χ1v) is 7.80. The first-order valence-electron chi connectivity index (χ1n) is 5.91. The highest BCUT2D eigenvalue weighted by Crippen LogP contribution is 2.30. The van der Waals surface area contributed by atoms with Crippen molar-refractivity contribution in [2.24, 2.45) is 0 Å². The molecule has 0 spiro atoms. The Morgan fingerprint density at radius 2 is 1.80 bits per heavy atom. The molecule has 1 amide bonds.